The normalized spacial score (nSPS) is 20.8. The molecular weight excluding hydrogens is 340 g/mol. The van der Waals surface area contributed by atoms with Crippen molar-refractivity contribution in [1.82, 2.24) is 10.2 Å². The van der Waals surface area contributed by atoms with Crippen molar-refractivity contribution >= 4 is 17.5 Å². The summed E-state index contributed by atoms with van der Waals surface area (Å²) in [6.07, 6.45) is 1.79. The van der Waals surface area contributed by atoms with Gasteiger partial charge in [-0.3, -0.25) is 14.5 Å². The first-order chi connectivity index (χ1) is 12.4. The maximum Gasteiger partial charge on any atom is 0.251 e. The quantitative estimate of drug-likeness (QED) is 0.815. The van der Waals surface area contributed by atoms with Crippen LogP contribution in [0.4, 0.5) is 14.5 Å². The van der Waals surface area contributed by atoms with Gasteiger partial charge in [0.05, 0.1) is 12.6 Å². The average molecular weight is 365 g/mol. The van der Waals surface area contributed by atoms with Crippen molar-refractivity contribution in [2.45, 2.75) is 57.5 Å². The maximum atomic E-state index is 12.8. The molecule has 26 heavy (non-hydrogen) atoms. The molecule has 142 valence electrons. The number of amides is 2. The molecule has 1 aromatic rings. The Morgan fingerprint density at radius 1 is 1.23 bits per heavy atom. The molecule has 1 aliphatic carbocycles. The van der Waals surface area contributed by atoms with Gasteiger partial charge in [-0.25, -0.2) is 8.78 Å². The molecule has 1 aliphatic heterocycles. The van der Waals surface area contributed by atoms with Gasteiger partial charge in [0.25, 0.3) is 12.3 Å². The number of benzene rings is 1. The molecule has 1 heterocycles. The zero-order valence-corrected chi connectivity index (χ0v) is 14.9. The summed E-state index contributed by atoms with van der Waals surface area (Å²) in [4.78, 5) is 26.4. The van der Waals surface area contributed by atoms with Crippen LogP contribution in [0.2, 0.25) is 0 Å². The predicted octanol–water partition coefficient (Wildman–Crippen LogP) is 2.95. The molecule has 0 spiro atoms. The molecule has 1 saturated heterocycles. The Balaban J connectivity index is 1.69. The Labute approximate surface area is 152 Å². The van der Waals surface area contributed by atoms with Gasteiger partial charge in [-0.1, -0.05) is 12.5 Å². The third-order valence-electron chi connectivity index (χ3n) is 4.96. The lowest BCUT2D eigenvalue weighted by atomic mass is 10.0. The van der Waals surface area contributed by atoms with Crippen LogP contribution in [-0.2, 0) is 4.79 Å². The van der Waals surface area contributed by atoms with Crippen LogP contribution in [0.1, 0.15) is 48.0 Å². The van der Waals surface area contributed by atoms with E-state index in [1.165, 1.54) is 0 Å². The molecule has 0 unspecified atom stereocenters. The highest BCUT2D eigenvalue weighted by atomic mass is 19.3. The molecule has 0 radical (unpaired) electrons. The van der Waals surface area contributed by atoms with Crippen LogP contribution in [0.15, 0.2) is 18.2 Å². The zero-order valence-electron chi connectivity index (χ0n) is 14.9. The predicted molar refractivity (Wildman–Crippen MR) is 95.5 cm³/mol. The number of carbonyl (C=O) groups excluding carboxylic acids is 2. The van der Waals surface area contributed by atoms with Crippen molar-refractivity contribution in [3.63, 3.8) is 0 Å². The third kappa shape index (κ3) is 4.78. The van der Waals surface area contributed by atoms with E-state index >= 15 is 0 Å². The summed E-state index contributed by atoms with van der Waals surface area (Å²) >= 11 is 0. The molecule has 2 aliphatic rings. The second kappa shape index (κ2) is 8.12. The fourth-order valence-electron chi connectivity index (χ4n) is 3.29. The van der Waals surface area contributed by atoms with Crippen LogP contribution in [0.5, 0.6) is 0 Å². The topological polar surface area (TPSA) is 61.4 Å². The second-order valence-corrected chi connectivity index (χ2v) is 7.16. The van der Waals surface area contributed by atoms with E-state index in [-0.39, 0.29) is 24.4 Å². The summed E-state index contributed by atoms with van der Waals surface area (Å²) < 4.78 is 25.6. The van der Waals surface area contributed by atoms with Crippen molar-refractivity contribution in [3.8, 4) is 0 Å². The third-order valence-corrected chi connectivity index (χ3v) is 4.96. The van der Waals surface area contributed by atoms with E-state index in [9.17, 15) is 18.4 Å². The van der Waals surface area contributed by atoms with Gasteiger partial charge >= 0.3 is 0 Å². The smallest absolute Gasteiger partial charge is 0.251 e. The highest BCUT2D eigenvalue weighted by Crippen LogP contribution is 2.23. The number of likely N-dealkylation sites (tertiary alicyclic amines) is 1. The lowest BCUT2D eigenvalue weighted by molar-refractivity contribution is -0.123. The van der Waals surface area contributed by atoms with Crippen molar-refractivity contribution in [2.75, 3.05) is 18.4 Å². The number of carbonyl (C=O) groups is 2. The van der Waals surface area contributed by atoms with E-state index in [1.807, 2.05) is 6.92 Å². The zero-order chi connectivity index (χ0) is 18.7. The minimum absolute atomic E-state index is 0.153. The number of anilines is 1. The van der Waals surface area contributed by atoms with Gasteiger partial charge in [-0.05, 0) is 56.8 Å². The molecule has 1 saturated carbocycles. The first kappa shape index (κ1) is 18.8. The van der Waals surface area contributed by atoms with Crippen LogP contribution >= 0.6 is 0 Å². The van der Waals surface area contributed by atoms with E-state index in [0.29, 0.717) is 24.2 Å². The Kier molecular flexibility index (Phi) is 5.86. The molecule has 0 bridgehead atoms. The van der Waals surface area contributed by atoms with Crippen LogP contribution in [-0.4, -0.2) is 48.3 Å². The molecule has 3 rings (SSSR count). The summed E-state index contributed by atoms with van der Waals surface area (Å²) in [6.45, 7) is 1.96. The van der Waals surface area contributed by atoms with Crippen LogP contribution in [0, 0.1) is 6.92 Å². The lowest BCUT2D eigenvalue weighted by Gasteiger charge is -2.34. The van der Waals surface area contributed by atoms with Crippen LogP contribution in [0.25, 0.3) is 0 Å². The summed E-state index contributed by atoms with van der Waals surface area (Å²) in [5.41, 5.74) is 1.88. The van der Waals surface area contributed by atoms with Gasteiger partial charge < -0.3 is 10.6 Å². The molecule has 1 aromatic carbocycles. The largest absolute Gasteiger partial charge is 0.349 e. The monoisotopic (exact) mass is 365 g/mol. The van der Waals surface area contributed by atoms with Crippen LogP contribution < -0.4 is 10.6 Å². The van der Waals surface area contributed by atoms with Gasteiger partial charge in [0.15, 0.2) is 0 Å². The Morgan fingerprint density at radius 3 is 2.69 bits per heavy atom. The molecule has 2 amide bonds. The molecular formula is C19H25F2N3O2. The van der Waals surface area contributed by atoms with E-state index in [1.54, 1.807) is 23.1 Å². The maximum absolute atomic E-state index is 12.8. The number of alkyl halides is 2. The van der Waals surface area contributed by atoms with Crippen molar-refractivity contribution in [3.05, 3.63) is 29.3 Å². The highest BCUT2D eigenvalue weighted by Gasteiger charge is 2.31. The standard InChI is InChI=1S/C19H25F2N3O2/c1-12-5-6-13(18(25)22-14-7-8-14)10-15(12)23-19(26)16-4-2-3-9-24(16)11-17(20)21/h5-6,10,14,16-17H,2-4,7-9,11H2,1H3,(H,22,25)(H,23,26)/t16-/m0/s1. The Morgan fingerprint density at radius 2 is 2.00 bits per heavy atom. The first-order valence-corrected chi connectivity index (χ1v) is 9.18. The van der Waals surface area contributed by atoms with E-state index in [2.05, 4.69) is 10.6 Å². The van der Waals surface area contributed by atoms with Gasteiger partial charge in [-0.15, -0.1) is 0 Å². The summed E-state index contributed by atoms with van der Waals surface area (Å²) in [5.74, 6) is -0.437. The van der Waals surface area contributed by atoms with Crippen molar-refractivity contribution in [2.24, 2.45) is 0 Å². The fourth-order valence-corrected chi connectivity index (χ4v) is 3.29. The molecule has 7 heteroatoms. The molecule has 0 aromatic heterocycles. The molecule has 1 atom stereocenters. The van der Waals surface area contributed by atoms with Crippen LogP contribution in [0.3, 0.4) is 0 Å². The van der Waals surface area contributed by atoms with Gasteiger partial charge in [0.1, 0.15) is 0 Å². The van der Waals surface area contributed by atoms with Crippen molar-refractivity contribution in [1.29, 1.82) is 0 Å². The number of hydrogen-bond acceptors (Lipinski definition) is 3. The van der Waals surface area contributed by atoms with E-state index in [4.69, 9.17) is 0 Å². The van der Waals surface area contributed by atoms with Gasteiger partial charge in [0.2, 0.25) is 5.91 Å². The lowest BCUT2D eigenvalue weighted by Crippen LogP contribution is -2.48. The van der Waals surface area contributed by atoms with Crippen molar-refractivity contribution < 1.29 is 18.4 Å². The SMILES string of the molecule is Cc1ccc(C(=O)NC2CC2)cc1NC(=O)[C@@H]1CCCCN1CC(F)F. The minimum Gasteiger partial charge on any atom is -0.349 e. The molecule has 2 fully saturated rings. The van der Waals surface area contributed by atoms with Gasteiger partial charge in [0, 0.05) is 17.3 Å². The van der Waals surface area contributed by atoms with E-state index in [0.717, 1.165) is 31.2 Å². The summed E-state index contributed by atoms with van der Waals surface area (Å²) in [7, 11) is 0. The van der Waals surface area contributed by atoms with E-state index < -0.39 is 12.5 Å². The molecule has 5 nitrogen and oxygen atoms in total. The minimum atomic E-state index is -2.46. The fraction of sp³-hybridized carbons (Fsp3) is 0.579. The number of piperidine rings is 1. The van der Waals surface area contributed by atoms with Gasteiger partial charge in [-0.2, -0.15) is 0 Å². The summed E-state index contributed by atoms with van der Waals surface area (Å²) in [6, 6.07) is 4.88. The number of halogens is 2. The first-order valence-electron chi connectivity index (χ1n) is 9.18. The molecule has 2 N–H and O–H groups in total. The number of nitrogens with one attached hydrogen (secondary N) is 2. The second-order valence-electron chi connectivity index (χ2n) is 7.16. The Hall–Kier alpha value is -2.02. The highest BCUT2D eigenvalue weighted by molar-refractivity contribution is 5.99. The Bertz CT molecular complexity index is 677. The summed E-state index contributed by atoms with van der Waals surface area (Å²) in [5, 5.41) is 5.76. The average Bonchev–Trinajstić information content (AvgIpc) is 3.40. The number of rotatable bonds is 6. The number of hydrogen-bond donors (Lipinski definition) is 2. The number of nitrogens with zero attached hydrogens (tertiary/aromatic N) is 1. The number of aryl methyl sites for hydroxylation is 1.